The van der Waals surface area contributed by atoms with Gasteiger partial charge in [-0.15, -0.1) is 21.5 Å². The number of hydrogen-bond donors (Lipinski definition) is 0. The van der Waals surface area contributed by atoms with Gasteiger partial charge in [-0.05, 0) is 23.6 Å². The van der Waals surface area contributed by atoms with Gasteiger partial charge >= 0.3 is 0 Å². The number of anilines is 1. The van der Waals surface area contributed by atoms with Crippen molar-refractivity contribution in [2.24, 2.45) is 0 Å². The lowest BCUT2D eigenvalue weighted by Crippen LogP contribution is -2.49. The Balaban J connectivity index is 1.26. The summed E-state index contributed by atoms with van der Waals surface area (Å²) in [6.45, 7) is 2.69. The molecule has 1 fully saturated rings. The second-order valence-corrected chi connectivity index (χ2v) is 7.86. The molecule has 6 nitrogen and oxygen atoms in total. The maximum Gasteiger partial charge on any atom is 0.223 e. The number of aromatic nitrogens is 2. The monoisotopic (exact) mass is 406 g/mol. The van der Waals surface area contributed by atoms with Crippen molar-refractivity contribution in [1.82, 2.24) is 15.1 Å². The fraction of sp³-hybridized carbons (Fsp3) is 0.273. The van der Waals surface area contributed by atoms with E-state index in [4.69, 9.17) is 0 Å². The van der Waals surface area contributed by atoms with Crippen molar-refractivity contribution >= 4 is 28.8 Å². The summed E-state index contributed by atoms with van der Waals surface area (Å²) in [5, 5.41) is 10.7. The van der Waals surface area contributed by atoms with Gasteiger partial charge < -0.3 is 9.80 Å². The van der Waals surface area contributed by atoms with Crippen molar-refractivity contribution in [2.75, 3.05) is 31.1 Å². The summed E-state index contributed by atoms with van der Waals surface area (Å²) in [6.07, 6.45) is 0.502. The molecule has 1 saturated heterocycles. The fourth-order valence-corrected chi connectivity index (χ4v) is 4.07. The zero-order valence-corrected chi connectivity index (χ0v) is 16.8. The minimum absolute atomic E-state index is 0.0127. The van der Waals surface area contributed by atoms with Gasteiger partial charge in [-0.1, -0.05) is 36.4 Å². The van der Waals surface area contributed by atoms with E-state index in [0.29, 0.717) is 31.7 Å². The highest BCUT2D eigenvalue weighted by atomic mass is 32.1. The van der Waals surface area contributed by atoms with Crippen LogP contribution in [0.25, 0.3) is 10.6 Å². The lowest BCUT2D eigenvalue weighted by Gasteiger charge is -2.35. The van der Waals surface area contributed by atoms with Gasteiger partial charge in [-0.25, -0.2) is 0 Å². The van der Waals surface area contributed by atoms with Crippen LogP contribution in [0.15, 0.2) is 60.0 Å². The van der Waals surface area contributed by atoms with Gasteiger partial charge in [0.05, 0.1) is 4.88 Å². The molecule has 0 aliphatic carbocycles. The first-order valence-electron chi connectivity index (χ1n) is 9.69. The highest BCUT2D eigenvalue weighted by Crippen LogP contribution is 2.23. The number of benzene rings is 1. The number of rotatable bonds is 6. The van der Waals surface area contributed by atoms with Crippen LogP contribution in [-0.2, 0) is 4.79 Å². The number of thiophene rings is 1. The second-order valence-electron chi connectivity index (χ2n) is 6.91. The molecule has 0 atom stereocenters. The molecule has 3 heterocycles. The van der Waals surface area contributed by atoms with Gasteiger partial charge in [-0.2, -0.15) is 0 Å². The highest BCUT2D eigenvalue weighted by Gasteiger charge is 2.22. The van der Waals surface area contributed by atoms with Crippen LogP contribution < -0.4 is 4.90 Å². The molecule has 1 aliphatic rings. The van der Waals surface area contributed by atoms with Crippen LogP contribution in [0.1, 0.15) is 23.2 Å². The molecule has 4 rings (SSSR count). The standard InChI is InChI=1S/C22H22N4O2S/c27-19(17-5-2-1-3-6-17)9-11-22(28)26-14-12-25(13-15-26)21-10-8-18(23-24-21)20-7-4-16-29-20/h1-8,10,16H,9,11-15H2. The smallest absolute Gasteiger partial charge is 0.223 e. The van der Waals surface area contributed by atoms with Gasteiger partial charge in [0.25, 0.3) is 0 Å². The maximum absolute atomic E-state index is 12.5. The lowest BCUT2D eigenvalue weighted by atomic mass is 10.1. The van der Waals surface area contributed by atoms with Crippen LogP contribution in [0, 0.1) is 0 Å². The van der Waals surface area contributed by atoms with Crippen molar-refractivity contribution in [3.63, 3.8) is 0 Å². The Morgan fingerprint density at radius 1 is 0.862 bits per heavy atom. The third kappa shape index (κ3) is 4.68. The van der Waals surface area contributed by atoms with E-state index in [2.05, 4.69) is 15.1 Å². The fourth-order valence-electron chi connectivity index (χ4n) is 3.38. The largest absolute Gasteiger partial charge is 0.352 e. The molecule has 7 heteroatoms. The Morgan fingerprint density at radius 3 is 2.31 bits per heavy atom. The second kappa shape index (κ2) is 8.96. The molecule has 2 aromatic heterocycles. The van der Waals surface area contributed by atoms with Crippen LogP contribution in [0.4, 0.5) is 5.82 Å². The Labute approximate surface area is 173 Å². The minimum atomic E-state index is 0.0127. The van der Waals surface area contributed by atoms with Crippen molar-refractivity contribution < 1.29 is 9.59 Å². The number of carbonyl (C=O) groups is 2. The summed E-state index contributed by atoms with van der Waals surface area (Å²) >= 11 is 1.64. The summed E-state index contributed by atoms with van der Waals surface area (Å²) in [5.41, 5.74) is 1.54. The van der Waals surface area contributed by atoms with Crippen LogP contribution in [0.2, 0.25) is 0 Å². The summed E-state index contributed by atoms with van der Waals surface area (Å²) in [4.78, 5) is 29.7. The molecule has 0 radical (unpaired) electrons. The van der Waals surface area contributed by atoms with Gasteiger partial charge in [0.15, 0.2) is 11.6 Å². The first-order chi connectivity index (χ1) is 14.2. The number of Topliss-reactive ketones (excluding diaryl/α,β-unsaturated/α-hetero) is 1. The first-order valence-corrected chi connectivity index (χ1v) is 10.6. The Morgan fingerprint density at radius 2 is 1.66 bits per heavy atom. The average molecular weight is 407 g/mol. The van der Waals surface area contributed by atoms with Gasteiger partial charge in [0, 0.05) is 44.6 Å². The van der Waals surface area contributed by atoms with E-state index in [0.717, 1.165) is 16.4 Å². The molecule has 1 aliphatic heterocycles. The topological polar surface area (TPSA) is 66.4 Å². The van der Waals surface area contributed by atoms with E-state index in [1.165, 1.54) is 0 Å². The third-order valence-corrected chi connectivity index (χ3v) is 5.93. The van der Waals surface area contributed by atoms with Crippen molar-refractivity contribution in [2.45, 2.75) is 12.8 Å². The number of carbonyl (C=O) groups excluding carboxylic acids is 2. The normalized spacial score (nSPS) is 14.1. The van der Waals surface area contributed by atoms with Gasteiger partial charge in [0.1, 0.15) is 5.69 Å². The van der Waals surface area contributed by atoms with Crippen LogP contribution in [0.3, 0.4) is 0 Å². The van der Waals surface area contributed by atoms with E-state index in [9.17, 15) is 9.59 Å². The molecular formula is C22H22N4O2S. The molecule has 1 amide bonds. The predicted octanol–water partition coefficient (Wildman–Crippen LogP) is 3.52. The summed E-state index contributed by atoms with van der Waals surface area (Å²) in [7, 11) is 0. The zero-order chi connectivity index (χ0) is 20.1. The van der Waals surface area contributed by atoms with Crippen molar-refractivity contribution in [1.29, 1.82) is 0 Å². The van der Waals surface area contributed by atoms with E-state index < -0.39 is 0 Å². The average Bonchev–Trinajstić information content (AvgIpc) is 3.33. The van der Waals surface area contributed by atoms with Gasteiger partial charge in [-0.3, -0.25) is 9.59 Å². The predicted molar refractivity (Wildman–Crippen MR) is 114 cm³/mol. The van der Waals surface area contributed by atoms with E-state index in [1.54, 1.807) is 23.5 Å². The molecule has 0 N–H and O–H groups in total. The highest BCUT2D eigenvalue weighted by molar-refractivity contribution is 7.13. The Hall–Kier alpha value is -3.06. The quantitative estimate of drug-likeness (QED) is 0.586. The summed E-state index contributed by atoms with van der Waals surface area (Å²) in [6, 6.07) is 17.1. The van der Waals surface area contributed by atoms with Gasteiger partial charge in [0.2, 0.25) is 5.91 Å². The lowest BCUT2D eigenvalue weighted by molar-refractivity contribution is -0.131. The Bertz CT molecular complexity index is 950. The molecule has 29 heavy (non-hydrogen) atoms. The molecule has 0 unspecified atom stereocenters. The number of amides is 1. The van der Waals surface area contributed by atoms with Crippen LogP contribution in [0.5, 0.6) is 0 Å². The number of hydrogen-bond acceptors (Lipinski definition) is 6. The van der Waals surface area contributed by atoms with E-state index >= 15 is 0 Å². The number of nitrogens with zero attached hydrogens (tertiary/aromatic N) is 4. The maximum atomic E-state index is 12.5. The van der Waals surface area contributed by atoms with Crippen LogP contribution in [-0.4, -0.2) is 53.0 Å². The molecule has 0 saturated carbocycles. The van der Waals surface area contributed by atoms with Crippen molar-refractivity contribution in [3.8, 4) is 10.6 Å². The van der Waals surface area contributed by atoms with E-state index in [1.807, 2.05) is 52.7 Å². The summed E-state index contributed by atoms with van der Waals surface area (Å²) < 4.78 is 0. The number of piperazine rings is 1. The zero-order valence-electron chi connectivity index (χ0n) is 16.0. The molecular weight excluding hydrogens is 384 g/mol. The Kier molecular flexibility index (Phi) is 5.95. The number of ketones is 1. The molecule has 148 valence electrons. The van der Waals surface area contributed by atoms with Crippen LogP contribution >= 0.6 is 11.3 Å². The van der Waals surface area contributed by atoms with E-state index in [-0.39, 0.29) is 24.5 Å². The molecule has 1 aromatic carbocycles. The molecule has 3 aromatic rings. The minimum Gasteiger partial charge on any atom is -0.352 e. The van der Waals surface area contributed by atoms with Crippen molar-refractivity contribution in [3.05, 3.63) is 65.5 Å². The first kappa shape index (κ1) is 19.3. The molecule has 0 bridgehead atoms. The SMILES string of the molecule is O=C(CCC(=O)N1CCN(c2ccc(-c3cccs3)nn2)CC1)c1ccccc1. The summed E-state index contributed by atoms with van der Waals surface area (Å²) in [5.74, 6) is 0.878. The molecule has 0 spiro atoms. The third-order valence-electron chi connectivity index (χ3n) is 5.04.